The molecule has 1 N–H and O–H groups in total. The first-order valence-corrected chi connectivity index (χ1v) is 5.40. The van der Waals surface area contributed by atoms with Crippen LogP contribution in [0.15, 0.2) is 12.1 Å². The number of alkyl halides is 1. The summed E-state index contributed by atoms with van der Waals surface area (Å²) in [7, 11) is 2.76. The van der Waals surface area contributed by atoms with Gasteiger partial charge in [0.05, 0.1) is 25.9 Å². The van der Waals surface area contributed by atoms with Crippen molar-refractivity contribution < 1.29 is 24.2 Å². The van der Waals surface area contributed by atoms with E-state index in [1.807, 2.05) is 0 Å². The second-order valence-corrected chi connectivity index (χ2v) is 3.49. The zero-order chi connectivity index (χ0) is 13.7. The fourth-order valence-electron chi connectivity index (χ4n) is 1.33. The van der Waals surface area contributed by atoms with Crippen LogP contribution in [0.5, 0.6) is 11.5 Å². The summed E-state index contributed by atoms with van der Waals surface area (Å²) in [4.78, 5) is 22.1. The number of hydrogen-bond acceptors (Lipinski definition) is 5. The lowest BCUT2D eigenvalue weighted by Gasteiger charge is -2.15. The molecule has 0 fully saturated rings. The number of carbonyl (C=O) groups is 2. The van der Waals surface area contributed by atoms with Crippen molar-refractivity contribution in [3.05, 3.63) is 17.7 Å². The number of methoxy groups -OCH3 is 2. The van der Waals surface area contributed by atoms with Crippen molar-refractivity contribution in [3.8, 4) is 11.5 Å². The van der Waals surface area contributed by atoms with Crippen LogP contribution in [-0.4, -0.2) is 32.0 Å². The first kappa shape index (κ1) is 14.1. The standard InChI is InChI=1S/C11H12ClNO5/c1-17-8-3-6(11(15)16)7(4-9(8)18-2)13-10(14)5-12/h3-4H,5H2,1-2H3,(H,13,14)(H,15,16)/p-1. The van der Waals surface area contributed by atoms with Gasteiger partial charge in [0, 0.05) is 11.6 Å². The number of hydrogen-bond donors (Lipinski definition) is 1. The van der Waals surface area contributed by atoms with Crippen molar-refractivity contribution in [2.24, 2.45) is 0 Å². The molecule has 6 nitrogen and oxygen atoms in total. The number of rotatable bonds is 5. The van der Waals surface area contributed by atoms with E-state index < -0.39 is 11.9 Å². The van der Waals surface area contributed by atoms with E-state index in [0.29, 0.717) is 0 Å². The number of amides is 1. The Labute approximate surface area is 108 Å². The lowest BCUT2D eigenvalue weighted by molar-refractivity contribution is -0.254. The molecule has 0 saturated carbocycles. The molecule has 0 spiro atoms. The highest BCUT2D eigenvalue weighted by atomic mass is 35.5. The molecule has 0 heterocycles. The molecule has 0 aliphatic heterocycles. The molecule has 0 aromatic heterocycles. The number of halogens is 1. The van der Waals surface area contributed by atoms with E-state index in [1.54, 1.807) is 0 Å². The molecule has 1 amide bonds. The summed E-state index contributed by atoms with van der Waals surface area (Å²) in [5, 5.41) is 13.3. The predicted molar refractivity (Wildman–Crippen MR) is 63.2 cm³/mol. The van der Waals surface area contributed by atoms with Crippen LogP contribution in [0.25, 0.3) is 0 Å². The summed E-state index contributed by atoms with van der Waals surface area (Å²) in [6, 6.07) is 2.53. The zero-order valence-corrected chi connectivity index (χ0v) is 10.5. The van der Waals surface area contributed by atoms with Crippen molar-refractivity contribution >= 4 is 29.2 Å². The van der Waals surface area contributed by atoms with Crippen LogP contribution in [-0.2, 0) is 4.79 Å². The van der Waals surface area contributed by atoms with Crippen molar-refractivity contribution in [2.75, 3.05) is 25.4 Å². The quantitative estimate of drug-likeness (QED) is 0.776. The molecule has 0 unspecified atom stereocenters. The number of carboxylic acid groups (broad SMARTS) is 1. The van der Waals surface area contributed by atoms with Gasteiger partial charge in [0.15, 0.2) is 11.5 Å². The van der Waals surface area contributed by atoms with Gasteiger partial charge >= 0.3 is 0 Å². The first-order chi connectivity index (χ1) is 8.53. The van der Waals surface area contributed by atoms with Gasteiger partial charge in [-0.15, -0.1) is 11.6 Å². The Balaban J connectivity index is 3.28. The van der Waals surface area contributed by atoms with Gasteiger partial charge in [-0.3, -0.25) is 4.79 Å². The molecule has 7 heteroatoms. The molecule has 98 valence electrons. The number of carbonyl (C=O) groups excluding carboxylic acids is 2. The van der Waals surface area contributed by atoms with Crippen LogP contribution in [0, 0.1) is 0 Å². The summed E-state index contributed by atoms with van der Waals surface area (Å²) in [5.41, 5.74) is -0.176. The van der Waals surface area contributed by atoms with E-state index in [9.17, 15) is 14.7 Å². The van der Waals surface area contributed by atoms with E-state index in [1.165, 1.54) is 26.4 Å². The van der Waals surface area contributed by atoms with Crippen LogP contribution >= 0.6 is 11.6 Å². The van der Waals surface area contributed by atoms with E-state index in [4.69, 9.17) is 21.1 Å². The molecule has 0 aliphatic rings. The van der Waals surface area contributed by atoms with Crippen LogP contribution in [0.4, 0.5) is 5.69 Å². The lowest BCUT2D eigenvalue weighted by atomic mass is 10.1. The maximum Gasteiger partial charge on any atom is 0.239 e. The SMILES string of the molecule is COc1cc(NC(=O)CCl)c(C(=O)[O-])cc1OC. The Bertz CT molecular complexity index is 475. The monoisotopic (exact) mass is 272 g/mol. The van der Waals surface area contributed by atoms with Gasteiger partial charge in [-0.2, -0.15) is 0 Å². The molecule has 1 aromatic carbocycles. The Kier molecular flexibility index (Phi) is 4.79. The van der Waals surface area contributed by atoms with Crippen LogP contribution in [0.3, 0.4) is 0 Å². The number of carboxylic acids is 1. The van der Waals surface area contributed by atoms with Gasteiger partial charge in [-0.25, -0.2) is 0 Å². The molecular formula is C11H11ClNO5-. The lowest BCUT2D eigenvalue weighted by Crippen LogP contribution is -2.25. The molecule has 1 rings (SSSR count). The fourth-order valence-corrected chi connectivity index (χ4v) is 1.40. The van der Waals surface area contributed by atoms with E-state index in [2.05, 4.69) is 5.32 Å². The number of anilines is 1. The summed E-state index contributed by atoms with van der Waals surface area (Å²) in [5.74, 6) is -1.76. The molecular weight excluding hydrogens is 262 g/mol. The molecule has 0 aliphatic carbocycles. The Morgan fingerprint density at radius 3 is 2.28 bits per heavy atom. The van der Waals surface area contributed by atoms with Gasteiger partial charge in [-0.05, 0) is 6.07 Å². The minimum atomic E-state index is -1.44. The summed E-state index contributed by atoms with van der Waals surface area (Å²) >= 11 is 5.33. The normalized spacial score (nSPS) is 9.72. The van der Waals surface area contributed by atoms with Crippen LogP contribution < -0.4 is 19.9 Å². The van der Waals surface area contributed by atoms with Crippen LogP contribution in [0.1, 0.15) is 10.4 Å². The second-order valence-electron chi connectivity index (χ2n) is 3.22. The third kappa shape index (κ3) is 3.04. The van der Waals surface area contributed by atoms with Gasteiger partial charge in [-0.1, -0.05) is 0 Å². The molecule has 0 saturated heterocycles. The third-order valence-electron chi connectivity index (χ3n) is 2.14. The molecule has 18 heavy (non-hydrogen) atoms. The topological polar surface area (TPSA) is 87.7 Å². The maximum atomic E-state index is 11.2. The highest BCUT2D eigenvalue weighted by molar-refractivity contribution is 6.29. The third-order valence-corrected chi connectivity index (χ3v) is 2.38. The van der Waals surface area contributed by atoms with Gasteiger partial charge in [0.2, 0.25) is 5.91 Å². The Hall–Kier alpha value is -1.95. The number of ether oxygens (including phenoxy) is 2. The van der Waals surface area contributed by atoms with Crippen LogP contribution in [0.2, 0.25) is 0 Å². The summed E-state index contributed by atoms with van der Waals surface area (Å²) in [6.07, 6.45) is 0. The largest absolute Gasteiger partial charge is 0.545 e. The van der Waals surface area contributed by atoms with Gasteiger partial charge in [0.25, 0.3) is 0 Å². The second kappa shape index (κ2) is 6.11. The number of benzene rings is 1. The highest BCUT2D eigenvalue weighted by Gasteiger charge is 2.13. The minimum absolute atomic E-state index is 0.0401. The summed E-state index contributed by atoms with van der Waals surface area (Å²) in [6.45, 7) is 0. The van der Waals surface area contributed by atoms with Gasteiger partial charge < -0.3 is 24.7 Å². The zero-order valence-electron chi connectivity index (χ0n) is 9.78. The average molecular weight is 273 g/mol. The molecule has 0 radical (unpaired) electrons. The average Bonchev–Trinajstić information content (AvgIpc) is 2.37. The van der Waals surface area contributed by atoms with Gasteiger partial charge in [0.1, 0.15) is 5.88 Å². The van der Waals surface area contributed by atoms with Crippen molar-refractivity contribution in [2.45, 2.75) is 0 Å². The maximum absolute atomic E-state index is 11.2. The van der Waals surface area contributed by atoms with Crippen molar-refractivity contribution in [1.82, 2.24) is 0 Å². The smallest absolute Gasteiger partial charge is 0.239 e. The van der Waals surface area contributed by atoms with E-state index in [-0.39, 0.29) is 28.6 Å². The minimum Gasteiger partial charge on any atom is -0.545 e. The number of aromatic carboxylic acids is 1. The summed E-state index contributed by atoms with van der Waals surface area (Å²) < 4.78 is 9.96. The predicted octanol–water partition coefficient (Wildman–Crippen LogP) is 0.245. The Morgan fingerprint density at radius 1 is 1.28 bits per heavy atom. The molecule has 0 bridgehead atoms. The van der Waals surface area contributed by atoms with E-state index in [0.717, 1.165) is 0 Å². The van der Waals surface area contributed by atoms with Crippen molar-refractivity contribution in [3.63, 3.8) is 0 Å². The molecule has 1 aromatic rings. The molecule has 0 atom stereocenters. The fraction of sp³-hybridized carbons (Fsp3) is 0.273. The highest BCUT2D eigenvalue weighted by Crippen LogP contribution is 2.33. The van der Waals surface area contributed by atoms with Crippen molar-refractivity contribution in [1.29, 1.82) is 0 Å². The Morgan fingerprint density at radius 2 is 1.83 bits per heavy atom. The first-order valence-electron chi connectivity index (χ1n) is 4.86. The van der Waals surface area contributed by atoms with E-state index >= 15 is 0 Å². The number of nitrogens with one attached hydrogen (secondary N) is 1.